The van der Waals surface area contributed by atoms with Gasteiger partial charge in [-0.25, -0.2) is 0 Å². The molecule has 130 valence electrons. The van der Waals surface area contributed by atoms with E-state index < -0.39 is 0 Å². The van der Waals surface area contributed by atoms with Crippen LogP contribution in [-0.2, 0) is 16.0 Å². The fraction of sp³-hybridized carbons (Fsp3) is 0.667. The van der Waals surface area contributed by atoms with Gasteiger partial charge in [0.1, 0.15) is 0 Å². The van der Waals surface area contributed by atoms with E-state index in [1.165, 1.54) is 51.4 Å². The number of carbonyl (C=O) groups is 1. The quantitative estimate of drug-likeness (QED) is 0.325. The van der Waals surface area contributed by atoms with E-state index in [4.69, 9.17) is 4.74 Å². The smallest absolute Gasteiger partial charge is 0.310 e. The van der Waals surface area contributed by atoms with Crippen molar-refractivity contribution in [3.8, 4) is 0 Å². The van der Waals surface area contributed by atoms with Gasteiger partial charge < -0.3 is 4.74 Å². The second kappa shape index (κ2) is 13.2. The van der Waals surface area contributed by atoms with Crippen LogP contribution < -0.4 is 0 Å². The summed E-state index contributed by atoms with van der Waals surface area (Å²) in [6.07, 6.45) is 13.3. The standard InChI is InChI=1S/C21H34O2/c1-3-4-5-6-7-8-9-10-12-15-19(2)23-21(22)18-20-16-13-11-14-17-20/h11,13-14,16-17,19H,3-10,12,15,18H2,1-2H3. The van der Waals surface area contributed by atoms with Crippen LogP contribution in [0.4, 0.5) is 0 Å². The van der Waals surface area contributed by atoms with Crippen molar-refractivity contribution in [2.45, 2.75) is 90.6 Å². The summed E-state index contributed by atoms with van der Waals surface area (Å²) < 4.78 is 5.49. The monoisotopic (exact) mass is 318 g/mol. The number of benzene rings is 1. The lowest BCUT2D eigenvalue weighted by Gasteiger charge is -2.13. The molecule has 0 fully saturated rings. The first-order valence-corrected chi connectivity index (χ1v) is 9.45. The van der Waals surface area contributed by atoms with Crippen LogP contribution >= 0.6 is 0 Å². The highest BCUT2D eigenvalue weighted by molar-refractivity contribution is 5.72. The molecule has 0 spiro atoms. The van der Waals surface area contributed by atoms with E-state index in [2.05, 4.69) is 6.92 Å². The highest BCUT2D eigenvalue weighted by Crippen LogP contribution is 2.13. The predicted molar refractivity (Wildman–Crippen MR) is 97.5 cm³/mol. The summed E-state index contributed by atoms with van der Waals surface area (Å²) in [5.41, 5.74) is 1.02. The summed E-state index contributed by atoms with van der Waals surface area (Å²) in [6, 6.07) is 9.79. The van der Waals surface area contributed by atoms with Crippen molar-refractivity contribution < 1.29 is 9.53 Å². The van der Waals surface area contributed by atoms with Crippen molar-refractivity contribution in [1.29, 1.82) is 0 Å². The molecule has 0 heterocycles. The number of unbranched alkanes of at least 4 members (excludes halogenated alkanes) is 8. The molecule has 2 nitrogen and oxygen atoms in total. The van der Waals surface area contributed by atoms with Gasteiger partial charge in [-0.05, 0) is 25.3 Å². The fourth-order valence-electron chi connectivity index (χ4n) is 2.83. The predicted octanol–water partition coefficient (Wildman–Crippen LogP) is 6.08. The van der Waals surface area contributed by atoms with Crippen LogP contribution in [0.5, 0.6) is 0 Å². The maximum Gasteiger partial charge on any atom is 0.310 e. The number of ether oxygens (including phenoxy) is 1. The summed E-state index contributed by atoms with van der Waals surface area (Å²) >= 11 is 0. The van der Waals surface area contributed by atoms with E-state index >= 15 is 0 Å². The van der Waals surface area contributed by atoms with Crippen LogP contribution in [0.25, 0.3) is 0 Å². The summed E-state index contributed by atoms with van der Waals surface area (Å²) in [5.74, 6) is -0.111. The van der Waals surface area contributed by atoms with E-state index in [1.54, 1.807) is 0 Å². The van der Waals surface area contributed by atoms with Crippen LogP contribution in [0.1, 0.15) is 83.6 Å². The average Bonchev–Trinajstić information content (AvgIpc) is 2.54. The molecular weight excluding hydrogens is 284 g/mol. The Kier molecular flexibility index (Phi) is 11.3. The molecule has 0 bridgehead atoms. The molecule has 0 aliphatic rings. The summed E-state index contributed by atoms with van der Waals surface area (Å²) in [7, 11) is 0. The first-order chi connectivity index (χ1) is 11.2. The molecule has 1 aromatic rings. The molecule has 1 rings (SSSR count). The van der Waals surface area contributed by atoms with Crippen LogP contribution in [0, 0.1) is 0 Å². The van der Waals surface area contributed by atoms with Gasteiger partial charge in [0.05, 0.1) is 12.5 Å². The van der Waals surface area contributed by atoms with Gasteiger partial charge in [0.2, 0.25) is 0 Å². The van der Waals surface area contributed by atoms with E-state index in [9.17, 15) is 4.79 Å². The Hall–Kier alpha value is -1.31. The molecule has 0 saturated heterocycles. The molecule has 2 heteroatoms. The van der Waals surface area contributed by atoms with Crippen LogP contribution in [0.15, 0.2) is 30.3 Å². The zero-order chi connectivity index (χ0) is 16.8. The Morgan fingerprint density at radius 3 is 2.09 bits per heavy atom. The first-order valence-electron chi connectivity index (χ1n) is 9.45. The van der Waals surface area contributed by atoms with E-state index in [1.807, 2.05) is 37.3 Å². The molecule has 0 aliphatic heterocycles. The summed E-state index contributed by atoms with van der Waals surface area (Å²) in [4.78, 5) is 11.9. The van der Waals surface area contributed by atoms with E-state index in [0.717, 1.165) is 18.4 Å². The van der Waals surface area contributed by atoms with Crippen LogP contribution in [0.3, 0.4) is 0 Å². The van der Waals surface area contributed by atoms with Gasteiger partial charge in [0, 0.05) is 0 Å². The molecule has 1 atom stereocenters. The number of carbonyl (C=O) groups excluding carboxylic acids is 1. The first kappa shape index (κ1) is 19.7. The fourth-order valence-corrected chi connectivity index (χ4v) is 2.83. The molecule has 0 amide bonds. The highest BCUT2D eigenvalue weighted by Gasteiger charge is 2.09. The Bertz CT molecular complexity index is 400. The molecular formula is C21H34O2. The Morgan fingerprint density at radius 1 is 0.913 bits per heavy atom. The van der Waals surface area contributed by atoms with Gasteiger partial charge in [-0.1, -0.05) is 88.6 Å². The van der Waals surface area contributed by atoms with Crippen LogP contribution in [-0.4, -0.2) is 12.1 Å². The van der Waals surface area contributed by atoms with E-state index in [0.29, 0.717) is 6.42 Å². The Labute approximate surface area is 142 Å². The third-order valence-electron chi connectivity index (χ3n) is 4.24. The second-order valence-electron chi connectivity index (χ2n) is 6.58. The van der Waals surface area contributed by atoms with Crippen molar-refractivity contribution in [1.82, 2.24) is 0 Å². The lowest BCUT2D eigenvalue weighted by atomic mass is 10.1. The molecule has 0 radical (unpaired) electrons. The summed E-state index contributed by atoms with van der Waals surface area (Å²) in [5, 5.41) is 0. The van der Waals surface area contributed by atoms with Crippen LogP contribution in [0.2, 0.25) is 0 Å². The number of hydrogen-bond acceptors (Lipinski definition) is 2. The Balaban J connectivity index is 1.97. The van der Waals surface area contributed by atoms with Crippen molar-refractivity contribution in [2.24, 2.45) is 0 Å². The third-order valence-corrected chi connectivity index (χ3v) is 4.24. The van der Waals surface area contributed by atoms with Gasteiger partial charge in [-0.3, -0.25) is 4.79 Å². The minimum absolute atomic E-state index is 0.0377. The molecule has 0 aromatic heterocycles. The lowest BCUT2D eigenvalue weighted by molar-refractivity contribution is -0.147. The molecule has 0 aliphatic carbocycles. The van der Waals surface area contributed by atoms with Crippen molar-refractivity contribution in [3.05, 3.63) is 35.9 Å². The zero-order valence-electron chi connectivity index (χ0n) is 15.1. The molecule has 1 aromatic carbocycles. The molecule has 1 unspecified atom stereocenters. The topological polar surface area (TPSA) is 26.3 Å². The van der Waals surface area contributed by atoms with Crippen molar-refractivity contribution >= 4 is 5.97 Å². The zero-order valence-corrected chi connectivity index (χ0v) is 15.1. The maximum absolute atomic E-state index is 11.9. The minimum Gasteiger partial charge on any atom is -0.462 e. The van der Waals surface area contributed by atoms with Crippen molar-refractivity contribution in [2.75, 3.05) is 0 Å². The summed E-state index contributed by atoms with van der Waals surface area (Å²) in [6.45, 7) is 4.27. The normalized spacial score (nSPS) is 12.1. The third kappa shape index (κ3) is 11.0. The number of rotatable bonds is 13. The van der Waals surface area contributed by atoms with Crippen molar-refractivity contribution in [3.63, 3.8) is 0 Å². The molecule has 0 N–H and O–H groups in total. The Morgan fingerprint density at radius 2 is 1.48 bits per heavy atom. The van der Waals surface area contributed by atoms with Gasteiger partial charge >= 0.3 is 5.97 Å². The SMILES string of the molecule is CCCCCCCCCCCC(C)OC(=O)Cc1ccccc1. The largest absolute Gasteiger partial charge is 0.462 e. The van der Waals surface area contributed by atoms with Gasteiger partial charge in [0.15, 0.2) is 0 Å². The maximum atomic E-state index is 11.9. The minimum atomic E-state index is -0.111. The van der Waals surface area contributed by atoms with Gasteiger partial charge in [0.25, 0.3) is 0 Å². The lowest BCUT2D eigenvalue weighted by Crippen LogP contribution is -2.16. The second-order valence-corrected chi connectivity index (χ2v) is 6.58. The number of esters is 1. The molecule has 23 heavy (non-hydrogen) atoms. The van der Waals surface area contributed by atoms with Gasteiger partial charge in [-0.15, -0.1) is 0 Å². The highest BCUT2D eigenvalue weighted by atomic mass is 16.5. The van der Waals surface area contributed by atoms with E-state index in [-0.39, 0.29) is 12.1 Å². The number of hydrogen-bond donors (Lipinski definition) is 0. The van der Waals surface area contributed by atoms with Gasteiger partial charge in [-0.2, -0.15) is 0 Å². The average molecular weight is 319 g/mol. The molecule has 0 saturated carbocycles.